The van der Waals surface area contributed by atoms with Crippen molar-refractivity contribution < 1.29 is 13.9 Å². The minimum Gasteiger partial charge on any atom is -0.489 e. The maximum absolute atomic E-state index is 12.8. The van der Waals surface area contributed by atoms with Gasteiger partial charge < -0.3 is 20.6 Å². The van der Waals surface area contributed by atoms with E-state index in [2.05, 4.69) is 5.32 Å². The van der Waals surface area contributed by atoms with Gasteiger partial charge in [-0.15, -0.1) is 0 Å². The third-order valence-corrected chi connectivity index (χ3v) is 1.82. The molecule has 0 aliphatic heterocycles. The summed E-state index contributed by atoms with van der Waals surface area (Å²) >= 11 is 0. The van der Waals surface area contributed by atoms with Crippen LogP contribution in [0.1, 0.15) is 0 Å². The van der Waals surface area contributed by atoms with E-state index in [0.29, 0.717) is 17.7 Å². The van der Waals surface area contributed by atoms with Crippen LogP contribution in [-0.2, 0) is 4.79 Å². The van der Waals surface area contributed by atoms with E-state index in [4.69, 9.17) is 10.5 Å². The highest BCUT2D eigenvalue weighted by atomic mass is 19.1. The highest BCUT2D eigenvalue weighted by Gasteiger charge is 2.06. The van der Waals surface area contributed by atoms with Gasteiger partial charge in [-0.1, -0.05) is 0 Å². The van der Waals surface area contributed by atoms with Crippen LogP contribution in [0.4, 0.5) is 10.1 Å². The van der Waals surface area contributed by atoms with Crippen molar-refractivity contribution in [2.45, 2.75) is 6.04 Å². The smallest absolute Gasteiger partial charge is 0.142 e. The molecule has 0 saturated heterocycles. The first-order valence-corrected chi connectivity index (χ1v) is 4.48. The second-order valence-corrected chi connectivity index (χ2v) is 3.00. The number of halogens is 1. The Bertz CT molecular complexity index is 344. The number of benzene rings is 1. The maximum Gasteiger partial charge on any atom is 0.142 e. The van der Waals surface area contributed by atoms with Crippen LogP contribution in [0, 0.1) is 5.82 Å². The molecule has 3 N–H and O–H groups in total. The zero-order valence-electron chi connectivity index (χ0n) is 8.37. The van der Waals surface area contributed by atoms with Gasteiger partial charge in [0.05, 0.1) is 11.7 Å². The Morgan fingerprint density at radius 1 is 1.67 bits per heavy atom. The van der Waals surface area contributed by atoms with Gasteiger partial charge in [0, 0.05) is 13.1 Å². The Kier molecular flexibility index (Phi) is 4.05. The summed E-state index contributed by atoms with van der Waals surface area (Å²) in [5, 5.41) is 2.78. The first-order chi connectivity index (χ1) is 7.17. The van der Waals surface area contributed by atoms with Crippen molar-refractivity contribution in [2.24, 2.45) is 5.73 Å². The van der Waals surface area contributed by atoms with Crippen LogP contribution in [0.2, 0.25) is 0 Å². The summed E-state index contributed by atoms with van der Waals surface area (Å²) in [5.41, 5.74) is 5.88. The Morgan fingerprint density at radius 2 is 2.40 bits per heavy atom. The van der Waals surface area contributed by atoms with Crippen LogP contribution in [0.5, 0.6) is 5.75 Å². The Balaban J connectivity index is 2.71. The molecule has 4 nitrogen and oxygen atoms in total. The molecule has 0 radical (unpaired) electrons. The first-order valence-electron chi connectivity index (χ1n) is 4.48. The van der Waals surface area contributed by atoms with E-state index in [1.165, 1.54) is 18.2 Å². The average molecular weight is 212 g/mol. The lowest BCUT2D eigenvalue weighted by atomic mass is 10.3. The summed E-state index contributed by atoms with van der Waals surface area (Å²) in [5.74, 6) is 0.114. The fourth-order valence-electron chi connectivity index (χ4n) is 1.05. The molecule has 1 rings (SSSR count). The van der Waals surface area contributed by atoms with E-state index < -0.39 is 6.04 Å². The van der Waals surface area contributed by atoms with Gasteiger partial charge in [0.1, 0.15) is 24.5 Å². The summed E-state index contributed by atoms with van der Waals surface area (Å²) < 4.78 is 18.1. The Morgan fingerprint density at radius 3 is 3.00 bits per heavy atom. The molecule has 0 fully saturated rings. The number of carbonyl (C=O) groups is 1. The zero-order valence-corrected chi connectivity index (χ0v) is 8.37. The van der Waals surface area contributed by atoms with E-state index >= 15 is 0 Å². The van der Waals surface area contributed by atoms with E-state index in [0.717, 1.165) is 0 Å². The molecular formula is C10H13FN2O2. The molecule has 0 saturated carbocycles. The molecule has 0 amide bonds. The van der Waals surface area contributed by atoms with Gasteiger partial charge in [0.15, 0.2) is 0 Å². The number of hydrogen-bond donors (Lipinski definition) is 2. The fourth-order valence-corrected chi connectivity index (χ4v) is 1.05. The summed E-state index contributed by atoms with van der Waals surface area (Å²) in [6.45, 7) is 0.0732. The summed E-state index contributed by atoms with van der Waals surface area (Å²) in [7, 11) is 1.65. The van der Waals surface area contributed by atoms with Crippen molar-refractivity contribution in [1.82, 2.24) is 0 Å². The maximum atomic E-state index is 12.8. The molecule has 0 unspecified atom stereocenters. The molecule has 0 aliphatic rings. The summed E-state index contributed by atoms with van der Waals surface area (Å²) in [6, 6.07) is 3.41. The molecule has 0 aliphatic carbocycles. The molecule has 1 atom stereocenters. The SMILES string of the molecule is CNc1cc(F)ccc1OC[C@H](N)C=O. The van der Waals surface area contributed by atoms with Crippen molar-refractivity contribution in [1.29, 1.82) is 0 Å². The highest BCUT2D eigenvalue weighted by molar-refractivity contribution is 5.58. The molecule has 1 aromatic carbocycles. The highest BCUT2D eigenvalue weighted by Crippen LogP contribution is 2.24. The largest absolute Gasteiger partial charge is 0.489 e. The number of rotatable bonds is 5. The van der Waals surface area contributed by atoms with E-state index in [1.54, 1.807) is 7.05 Å². The van der Waals surface area contributed by atoms with Crippen LogP contribution in [0.3, 0.4) is 0 Å². The molecule has 0 spiro atoms. The summed E-state index contributed by atoms with van der Waals surface area (Å²) in [4.78, 5) is 10.3. The average Bonchev–Trinajstić information content (AvgIpc) is 2.26. The van der Waals surface area contributed by atoms with Crippen molar-refractivity contribution >= 4 is 12.0 Å². The van der Waals surface area contributed by atoms with E-state index in [-0.39, 0.29) is 12.4 Å². The minimum atomic E-state index is -0.667. The van der Waals surface area contributed by atoms with Crippen molar-refractivity contribution in [3.05, 3.63) is 24.0 Å². The molecule has 5 heteroatoms. The van der Waals surface area contributed by atoms with Crippen LogP contribution in [0.25, 0.3) is 0 Å². The van der Waals surface area contributed by atoms with Gasteiger partial charge in [-0.25, -0.2) is 4.39 Å². The lowest BCUT2D eigenvalue weighted by Crippen LogP contribution is -2.29. The van der Waals surface area contributed by atoms with Crippen molar-refractivity contribution in [2.75, 3.05) is 19.0 Å². The Hall–Kier alpha value is -1.62. The lowest BCUT2D eigenvalue weighted by Gasteiger charge is -2.12. The third-order valence-electron chi connectivity index (χ3n) is 1.82. The number of ether oxygens (including phenoxy) is 1. The second-order valence-electron chi connectivity index (χ2n) is 3.00. The van der Waals surface area contributed by atoms with Crippen LogP contribution < -0.4 is 15.8 Å². The number of nitrogens with two attached hydrogens (primary N) is 1. The second kappa shape index (κ2) is 5.31. The van der Waals surface area contributed by atoms with Crippen LogP contribution in [-0.4, -0.2) is 26.0 Å². The minimum absolute atomic E-state index is 0.0732. The predicted octanol–water partition coefficient (Wildman–Crippen LogP) is 0.772. The fraction of sp³-hybridized carbons (Fsp3) is 0.300. The summed E-state index contributed by atoms with van der Waals surface area (Å²) in [6.07, 6.45) is 0.600. The number of anilines is 1. The van der Waals surface area contributed by atoms with E-state index in [9.17, 15) is 9.18 Å². The van der Waals surface area contributed by atoms with E-state index in [1.807, 2.05) is 0 Å². The van der Waals surface area contributed by atoms with Gasteiger partial charge in [-0.2, -0.15) is 0 Å². The predicted molar refractivity (Wildman–Crippen MR) is 55.5 cm³/mol. The Labute approximate surface area is 87.2 Å². The zero-order chi connectivity index (χ0) is 11.3. The number of hydrogen-bond acceptors (Lipinski definition) is 4. The molecule has 0 aromatic heterocycles. The van der Waals surface area contributed by atoms with Gasteiger partial charge in [-0.05, 0) is 12.1 Å². The van der Waals surface area contributed by atoms with Crippen molar-refractivity contribution in [3.8, 4) is 5.75 Å². The molecule has 1 aromatic rings. The molecule has 15 heavy (non-hydrogen) atoms. The first kappa shape index (κ1) is 11.5. The van der Waals surface area contributed by atoms with Gasteiger partial charge in [0.2, 0.25) is 0 Å². The van der Waals surface area contributed by atoms with Crippen molar-refractivity contribution in [3.63, 3.8) is 0 Å². The third kappa shape index (κ3) is 3.21. The molecule has 82 valence electrons. The number of carbonyl (C=O) groups excluding carboxylic acids is 1. The van der Waals surface area contributed by atoms with Gasteiger partial charge in [-0.3, -0.25) is 0 Å². The normalized spacial score (nSPS) is 11.9. The standard InChI is InChI=1S/C10H13FN2O2/c1-13-9-4-7(11)2-3-10(9)15-6-8(12)5-14/h2-5,8,13H,6,12H2,1H3/t8-/m1/s1. The topological polar surface area (TPSA) is 64.3 Å². The van der Waals surface area contributed by atoms with Crippen LogP contribution in [0.15, 0.2) is 18.2 Å². The molecule has 0 heterocycles. The van der Waals surface area contributed by atoms with Gasteiger partial charge in [0.25, 0.3) is 0 Å². The quantitative estimate of drug-likeness (QED) is 0.708. The molecular weight excluding hydrogens is 199 g/mol. The van der Waals surface area contributed by atoms with Crippen LogP contribution >= 0.6 is 0 Å². The molecule has 0 bridgehead atoms. The lowest BCUT2D eigenvalue weighted by molar-refractivity contribution is -0.109. The number of aldehydes is 1. The number of nitrogens with one attached hydrogen (secondary N) is 1. The van der Waals surface area contributed by atoms with Gasteiger partial charge >= 0.3 is 0 Å². The monoisotopic (exact) mass is 212 g/mol.